The second-order valence-corrected chi connectivity index (χ2v) is 10.4. The van der Waals surface area contributed by atoms with Crippen LogP contribution < -0.4 is 21.5 Å². The summed E-state index contributed by atoms with van der Waals surface area (Å²) < 4.78 is 17.2. The molecule has 0 radical (unpaired) electrons. The first kappa shape index (κ1) is 26.2. The summed E-state index contributed by atoms with van der Waals surface area (Å²) in [5.41, 5.74) is -2.04. The molecule has 2 fully saturated rings. The van der Waals surface area contributed by atoms with Crippen LogP contribution in [0.5, 0.6) is 0 Å². The van der Waals surface area contributed by atoms with Crippen LogP contribution in [-0.4, -0.2) is 69.1 Å². The minimum atomic E-state index is -1.09. The van der Waals surface area contributed by atoms with Crippen LogP contribution in [0.4, 0.5) is 16.0 Å². The van der Waals surface area contributed by atoms with Crippen molar-refractivity contribution in [2.45, 2.75) is 26.1 Å². The number of imidazole rings is 1. The van der Waals surface area contributed by atoms with Gasteiger partial charge in [-0.05, 0) is 13.8 Å². The largest absolute Gasteiger partial charge is 0.355 e. The Morgan fingerprint density at radius 3 is 2.49 bits per heavy atom. The summed E-state index contributed by atoms with van der Waals surface area (Å²) in [5.74, 6) is -0.306. The molecule has 1 saturated carbocycles. The van der Waals surface area contributed by atoms with Crippen molar-refractivity contribution < 1.29 is 14.0 Å². The van der Waals surface area contributed by atoms with E-state index in [1.165, 1.54) is 38.9 Å². The molecule has 0 aromatic carbocycles. The van der Waals surface area contributed by atoms with Crippen molar-refractivity contribution in [3.63, 3.8) is 0 Å². The highest BCUT2D eigenvalue weighted by Gasteiger charge is 2.66. The van der Waals surface area contributed by atoms with Crippen molar-refractivity contribution in [2.24, 2.45) is 18.9 Å². The lowest BCUT2D eigenvalue weighted by Crippen LogP contribution is -2.41. The van der Waals surface area contributed by atoms with E-state index >= 15 is 0 Å². The number of nitrogens with one attached hydrogen (secondary N) is 1. The summed E-state index contributed by atoms with van der Waals surface area (Å²) in [6.07, 6.45) is 7.13. The molecule has 1 saturated heterocycles. The topological polar surface area (TPSA) is 163 Å². The predicted molar refractivity (Wildman–Crippen MR) is 146 cm³/mol. The van der Waals surface area contributed by atoms with Crippen LogP contribution in [0.2, 0.25) is 0 Å². The van der Waals surface area contributed by atoms with E-state index in [1.807, 2.05) is 4.90 Å². The molecule has 2 aliphatic rings. The van der Waals surface area contributed by atoms with Gasteiger partial charge < -0.3 is 10.2 Å². The number of hydrogen-bond donors (Lipinski definition) is 1. The molecule has 14 nitrogen and oxygen atoms in total. The van der Waals surface area contributed by atoms with Crippen molar-refractivity contribution >= 4 is 40.2 Å². The molecule has 0 spiro atoms. The van der Waals surface area contributed by atoms with Gasteiger partial charge in [0.05, 0.1) is 31.3 Å². The van der Waals surface area contributed by atoms with E-state index in [-0.39, 0.29) is 40.3 Å². The number of fused-ring (bicyclic) bond motifs is 2. The van der Waals surface area contributed by atoms with Gasteiger partial charge in [-0.1, -0.05) is 6.58 Å². The van der Waals surface area contributed by atoms with Crippen LogP contribution in [0.3, 0.4) is 0 Å². The van der Waals surface area contributed by atoms with Gasteiger partial charge >= 0.3 is 5.69 Å². The monoisotopic (exact) mass is 560 g/mol. The van der Waals surface area contributed by atoms with E-state index in [0.717, 1.165) is 13.7 Å². The molecule has 5 heterocycles. The van der Waals surface area contributed by atoms with Gasteiger partial charge in [0, 0.05) is 32.0 Å². The molecule has 6 rings (SSSR count). The number of rotatable bonds is 7. The average molecular weight is 561 g/mol. The third-order valence-electron chi connectivity index (χ3n) is 7.73. The number of aromatic nitrogens is 8. The molecular formula is C26H25FN10O4. The van der Waals surface area contributed by atoms with Crippen LogP contribution in [-0.2, 0) is 23.2 Å². The molecule has 1 aliphatic heterocycles. The molecule has 4 aromatic rings. The molecule has 1 amide bonds. The van der Waals surface area contributed by atoms with Gasteiger partial charge in [-0.15, -0.1) is 0 Å². The van der Waals surface area contributed by atoms with Crippen molar-refractivity contribution in [3.05, 3.63) is 58.5 Å². The number of amides is 1. The second-order valence-electron chi connectivity index (χ2n) is 10.4. The van der Waals surface area contributed by atoms with Crippen LogP contribution in [0.1, 0.15) is 13.8 Å². The number of aryl methyl sites for hydroxylation is 1. The van der Waals surface area contributed by atoms with Gasteiger partial charge in [0.1, 0.15) is 40.7 Å². The predicted octanol–water partition coefficient (Wildman–Crippen LogP) is 0.636. The number of carbonyl (C=O) groups excluding carboxylic acids is 2. The van der Waals surface area contributed by atoms with Gasteiger partial charge in [-0.25, -0.2) is 29.1 Å². The summed E-state index contributed by atoms with van der Waals surface area (Å²) >= 11 is 0. The number of ketones is 1. The zero-order valence-corrected chi connectivity index (χ0v) is 22.4. The van der Waals surface area contributed by atoms with Crippen molar-refractivity contribution in [1.29, 1.82) is 0 Å². The summed E-state index contributed by atoms with van der Waals surface area (Å²) in [7, 11) is 1.41. The van der Waals surface area contributed by atoms with E-state index in [4.69, 9.17) is 0 Å². The molecule has 210 valence electrons. The Labute approximate surface area is 231 Å². The molecular weight excluding hydrogens is 535 g/mol. The van der Waals surface area contributed by atoms with Crippen molar-refractivity contribution in [2.75, 3.05) is 23.3 Å². The van der Waals surface area contributed by atoms with E-state index in [2.05, 4.69) is 36.8 Å². The number of carbonyl (C=O) groups is 2. The summed E-state index contributed by atoms with van der Waals surface area (Å²) in [6, 6.07) is 0. The fourth-order valence-electron chi connectivity index (χ4n) is 5.31. The fraction of sp³-hybridized carbons (Fsp3) is 0.346. The van der Waals surface area contributed by atoms with Crippen molar-refractivity contribution in [1.82, 2.24) is 38.6 Å². The Bertz CT molecular complexity index is 1860. The lowest BCUT2D eigenvalue weighted by Gasteiger charge is -2.21. The van der Waals surface area contributed by atoms with Gasteiger partial charge in [-0.3, -0.25) is 33.1 Å². The second kappa shape index (κ2) is 9.25. The standard InChI is InChI=1S/C26H25FN10O4/c1-13(38)9-36-24(40)21-22(34(4)25(36)41)31-12-37(21)14(2)23(39)33-19-7-28-5-18(32-19)17-6-30-20(8-29-17)35-10-15-16(11-35)26(15,3)27/h5-8,12,15-16H,2,9-11H2,1,3-4H3,(H,32,33,39). The van der Waals surface area contributed by atoms with E-state index in [0.29, 0.717) is 30.3 Å². The van der Waals surface area contributed by atoms with E-state index in [9.17, 15) is 23.6 Å². The zero-order valence-electron chi connectivity index (χ0n) is 22.4. The highest BCUT2D eigenvalue weighted by Crippen LogP contribution is 2.58. The quantitative estimate of drug-likeness (QED) is 0.317. The first-order chi connectivity index (χ1) is 19.5. The smallest absolute Gasteiger partial charge is 0.332 e. The normalized spacial score (nSPS) is 21.1. The Morgan fingerprint density at radius 1 is 1.10 bits per heavy atom. The molecule has 2 atom stereocenters. The molecule has 15 heteroatoms. The van der Waals surface area contributed by atoms with Gasteiger partial charge in [0.25, 0.3) is 11.5 Å². The Morgan fingerprint density at radius 2 is 1.83 bits per heavy atom. The summed E-state index contributed by atoms with van der Waals surface area (Å²) in [4.78, 5) is 73.8. The number of Topliss-reactive ketones (excluding diaryl/α,β-unsaturated/α-hetero) is 1. The zero-order chi connectivity index (χ0) is 29.2. The van der Waals surface area contributed by atoms with Crippen LogP contribution in [0.15, 0.2) is 47.3 Å². The summed E-state index contributed by atoms with van der Waals surface area (Å²) in [6.45, 7) is 7.46. The van der Waals surface area contributed by atoms with Gasteiger partial charge in [-0.2, -0.15) is 0 Å². The highest BCUT2D eigenvalue weighted by atomic mass is 19.1. The molecule has 0 bridgehead atoms. The van der Waals surface area contributed by atoms with Crippen molar-refractivity contribution in [3.8, 4) is 11.4 Å². The third kappa shape index (κ3) is 4.29. The Hall–Kier alpha value is -5.08. The maximum atomic E-state index is 14.2. The number of hydrogen-bond acceptors (Lipinski definition) is 10. The maximum Gasteiger partial charge on any atom is 0.332 e. The minimum Gasteiger partial charge on any atom is -0.355 e. The first-order valence-corrected chi connectivity index (χ1v) is 12.7. The Kier molecular flexibility index (Phi) is 5.90. The van der Waals surface area contributed by atoms with Gasteiger partial charge in [0.15, 0.2) is 17.0 Å². The van der Waals surface area contributed by atoms with Crippen LogP contribution >= 0.6 is 0 Å². The highest BCUT2D eigenvalue weighted by molar-refractivity contribution is 6.20. The number of nitrogens with zero attached hydrogens (tertiary/aromatic N) is 9. The first-order valence-electron chi connectivity index (χ1n) is 12.7. The molecule has 4 aromatic heterocycles. The molecule has 1 aliphatic carbocycles. The number of anilines is 2. The Balaban J connectivity index is 1.21. The van der Waals surface area contributed by atoms with Gasteiger partial charge in [0.2, 0.25) is 0 Å². The van der Waals surface area contributed by atoms with Crippen LogP contribution in [0.25, 0.3) is 28.2 Å². The average Bonchev–Trinajstić information content (AvgIpc) is 3.38. The fourth-order valence-corrected chi connectivity index (χ4v) is 5.31. The SMILES string of the molecule is C=C(C(=O)Nc1cncc(-c2cnc(N3CC4C(C3)C4(C)F)cn2)n1)n1cnc2c1c(=O)n(CC(C)=O)c(=O)n2C. The molecule has 1 N–H and O–H groups in total. The minimum absolute atomic E-state index is 0.0266. The summed E-state index contributed by atoms with van der Waals surface area (Å²) in [5, 5.41) is 2.59. The number of halogens is 1. The number of alkyl halides is 1. The third-order valence-corrected chi connectivity index (χ3v) is 7.73. The lowest BCUT2D eigenvalue weighted by atomic mass is 10.2. The van der Waals surface area contributed by atoms with E-state index < -0.39 is 29.4 Å². The lowest BCUT2D eigenvalue weighted by molar-refractivity contribution is -0.117. The van der Waals surface area contributed by atoms with E-state index in [1.54, 1.807) is 13.1 Å². The van der Waals surface area contributed by atoms with Crippen LogP contribution in [0, 0.1) is 11.8 Å². The number of piperidine rings is 1. The maximum absolute atomic E-state index is 14.2. The molecule has 41 heavy (non-hydrogen) atoms. The molecule has 2 unspecified atom stereocenters.